The molecule has 0 bridgehead atoms. The highest BCUT2D eigenvalue weighted by Crippen LogP contribution is 2.15. The van der Waals surface area contributed by atoms with Gasteiger partial charge < -0.3 is 15.0 Å². The number of carbonyl (C=O) groups is 1. The second-order valence-corrected chi connectivity index (χ2v) is 4.26. The molecule has 1 aromatic heterocycles. The molecule has 2 atom stereocenters. The lowest BCUT2D eigenvalue weighted by Crippen LogP contribution is -2.40. The van der Waals surface area contributed by atoms with Gasteiger partial charge in [0.15, 0.2) is 0 Å². The van der Waals surface area contributed by atoms with Gasteiger partial charge in [0.25, 0.3) is 5.91 Å². The Morgan fingerprint density at radius 3 is 3.00 bits per heavy atom. The molecular formula is C12H16N2O3. The predicted octanol–water partition coefficient (Wildman–Crippen LogP) is 0.672. The highest BCUT2D eigenvalue weighted by Gasteiger charge is 2.23. The van der Waals surface area contributed by atoms with Crippen LogP contribution < -0.4 is 10.9 Å². The first kappa shape index (κ1) is 11.9. The molecule has 2 rings (SSSR count). The average Bonchev–Trinajstić information content (AvgIpc) is 2.83. The Hall–Kier alpha value is -1.62. The van der Waals surface area contributed by atoms with Crippen molar-refractivity contribution in [1.82, 2.24) is 10.3 Å². The normalized spacial score (nSPS) is 21.1. The van der Waals surface area contributed by atoms with Gasteiger partial charge in [0, 0.05) is 18.9 Å². The van der Waals surface area contributed by atoms with Crippen molar-refractivity contribution in [2.75, 3.05) is 6.61 Å². The number of H-pyrrole nitrogens is 1. The van der Waals surface area contributed by atoms with Crippen LogP contribution >= 0.6 is 0 Å². The Morgan fingerprint density at radius 2 is 2.41 bits per heavy atom. The Kier molecular flexibility index (Phi) is 3.58. The number of amides is 1. The minimum Gasteiger partial charge on any atom is -0.376 e. The molecule has 2 unspecified atom stereocenters. The number of ether oxygens (including phenoxy) is 1. The zero-order valence-electron chi connectivity index (χ0n) is 9.73. The smallest absolute Gasteiger partial charge is 0.253 e. The Bertz CT molecular complexity index is 429. The van der Waals surface area contributed by atoms with E-state index in [9.17, 15) is 9.59 Å². The van der Waals surface area contributed by atoms with Gasteiger partial charge in [-0.25, -0.2) is 0 Å². The van der Waals surface area contributed by atoms with Gasteiger partial charge in [0.05, 0.1) is 17.7 Å². The quantitative estimate of drug-likeness (QED) is 0.810. The maximum absolute atomic E-state index is 11.8. The van der Waals surface area contributed by atoms with Crippen molar-refractivity contribution in [3.8, 4) is 0 Å². The number of hydrogen-bond donors (Lipinski definition) is 2. The van der Waals surface area contributed by atoms with Crippen LogP contribution in [0.2, 0.25) is 0 Å². The van der Waals surface area contributed by atoms with Crippen molar-refractivity contribution in [2.45, 2.75) is 31.9 Å². The molecule has 1 aliphatic rings. The molecule has 1 fully saturated rings. The van der Waals surface area contributed by atoms with Crippen LogP contribution in [0, 0.1) is 0 Å². The van der Waals surface area contributed by atoms with Crippen molar-refractivity contribution in [3.05, 3.63) is 34.2 Å². The van der Waals surface area contributed by atoms with Crippen molar-refractivity contribution < 1.29 is 9.53 Å². The molecule has 0 aliphatic carbocycles. The van der Waals surface area contributed by atoms with Gasteiger partial charge in [-0.05, 0) is 25.8 Å². The van der Waals surface area contributed by atoms with Crippen molar-refractivity contribution >= 4 is 5.91 Å². The Balaban J connectivity index is 1.96. The fourth-order valence-corrected chi connectivity index (χ4v) is 1.93. The molecule has 17 heavy (non-hydrogen) atoms. The van der Waals surface area contributed by atoms with Gasteiger partial charge in [0.1, 0.15) is 0 Å². The van der Waals surface area contributed by atoms with Gasteiger partial charge >= 0.3 is 0 Å². The van der Waals surface area contributed by atoms with E-state index < -0.39 is 0 Å². The molecule has 0 saturated carbocycles. The molecule has 0 spiro atoms. The SMILES string of the molecule is CC(NC(=O)c1ccc(=O)[nH]c1)C1CCCO1. The average molecular weight is 236 g/mol. The molecule has 5 heteroatoms. The van der Waals surface area contributed by atoms with E-state index in [4.69, 9.17) is 4.74 Å². The summed E-state index contributed by atoms with van der Waals surface area (Å²) >= 11 is 0. The molecule has 0 radical (unpaired) electrons. The highest BCUT2D eigenvalue weighted by molar-refractivity contribution is 5.94. The lowest BCUT2D eigenvalue weighted by molar-refractivity contribution is 0.0712. The molecule has 2 heterocycles. The maximum atomic E-state index is 11.8. The van der Waals surface area contributed by atoms with E-state index in [1.807, 2.05) is 6.92 Å². The zero-order chi connectivity index (χ0) is 12.3. The van der Waals surface area contributed by atoms with Gasteiger partial charge in [-0.15, -0.1) is 0 Å². The third kappa shape index (κ3) is 2.94. The first-order chi connectivity index (χ1) is 8.16. The van der Waals surface area contributed by atoms with Crippen LogP contribution in [0.3, 0.4) is 0 Å². The Morgan fingerprint density at radius 1 is 1.59 bits per heavy atom. The summed E-state index contributed by atoms with van der Waals surface area (Å²) in [6, 6.07) is 2.83. The van der Waals surface area contributed by atoms with E-state index in [0.717, 1.165) is 19.4 Å². The summed E-state index contributed by atoms with van der Waals surface area (Å²) < 4.78 is 5.50. The lowest BCUT2D eigenvalue weighted by Gasteiger charge is -2.19. The lowest BCUT2D eigenvalue weighted by atomic mass is 10.1. The van der Waals surface area contributed by atoms with Crippen LogP contribution in [0.25, 0.3) is 0 Å². The minimum atomic E-state index is -0.214. The summed E-state index contributed by atoms with van der Waals surface area (Å²) in [5.74, 6) is -0.191. The number of pyridine rings is 1. The number of carbonyl (C=O) groups excluding carboxylic acids is 1. The number of aromatic amines is 1. The maximum Gasteiger partial charge on any atom is 0.253 e. The van der Waals surface area contributed by atoms with Crippen LogP contribution in [-0.2, 0) is 4.74 Å². The van der Waals surface area contributed by atoms with E-state index in [0.29, 0.717) is 5.56 Å². The first-order valence-corrected chi connectivity index (χ1v) is 5.78. The zero-order valence-corrected chi connectivity index (χ0v) is 9.73. The van der Waals surface area contributed by atoms with Gasteiger partial charge in [0.2, 0.25) is 5.56 Å². The van der Waals surface area contributed by atoms with E-state index in [1.165, 1.54) is 18.3 Å². The van der Waals surface area contributed by atoms with Crippen molar-refractivity contribution in [1.29, 1.82) is 0 Å². The molecule has 5 nitrogen and oxygen atoms in total. The third-order valence-corrected chi connectivity index (χ3v) is 2.93. The Labute approximate surface area is 99.2 Å². The molecule has 1 amide bonds. The topological polar surface area (TPSA) is 71.2 Å². The van der Waals surface area contributed by atoms with E-state index in [2.05, 4.69) is 10.3 Å². The van der Waals surface area contributed by atoms with E-state index in [1.54, 1.807) is 0 Å². The van der Waals surface area contributed by atoms with Crippen LogP contribution in [0.1, 0.15) is 30.1 Å². The van der Waals surface area contributed by atoms with Crippen LogP contribution in [0.4, 0.5) is 0 Å². The van der Waals surface area contributed by atoms with Crippen molar-refractivity contribution in [2.24, 2.45) is 0 Å². The summed E-state index contributed by atoms with van der Waals surface area (Å²) in [6.07, 6.45) is 3.54. The van der Waals surface area contributed by atoms with Gasteiger partial charge in [-0.2, -0.15) is 0 Å². The highest BCUT2D eigenvalue weighted by atomic mass is 16.5. The van der Waals surface area contributed by atoms with Crippen LogP contribution in [-0.4, -0.2) is 29.6 Å². The van der Waals surface area contributed by atoms with Gasteiger partial charge in [-0.1, -0.05) is 0 Å². The molecule has 1 aliphatic heterocycles. The number of hydrogen-bond acceptors (Lipinski definition) is 3. The molecule has 0 aromatic carbocycles. The second-order valence-electron chi connectivity index (χ2n) is 4.26. The van der Waals surface area contributed by atoms with E-state index in [-0.39, 0.29) is 23.6 Å². The first-order valence-electron chi connectivity index (χ1n) is 5.78. The number of rotatable bonds is 3. The molecule has 1 saturated heterocycles. The van der Waals surface area contributed by atoms with Crippen LogP contribution in [0.5, 0.6) is 0 Å². The van der Waals surface area contributed by atoms with Crippen molar-refractivity contribution in [3.63, 3.8) is 0 Å². The monoisotopic (exact) mass is 236 g/mol. The summed E-state index contributed by atoms with van der Waals surface area (Å²) in [6.45, 7) is 2.70. The summed E-state index contributed by atoms with van der Waals surface area (Å²) in [4.78, 5) is 25.2. The molecule has 92 valence electrons. The number of aromatic nitrogens is 1. The standard InChI is InChI=1S/C12H16N2O3/c1-8(10-3-2-6-17-10)14-12(16)9-4-5-11(15)13-7-9/h4-5,7-8,10H,2-3,6H2,1H3,(H,13,15)(H,14,16). The van der Waals surface area contributed by atoms with E-state index >= 15 is 0 Å². The minimum absolute atomic E-state index is 0.0167. The summed E-state index contributed by atoms with van der Waals surface area (Å²) in [5, 5.41) is 2.87. The van der Waals surface area contributed by atoms with Gasteiger partial charge in [-0.3, -0.25) is 9.59 Å². The van der Waals surface area contributed by atoms with Crippen LogP contribution in [0.15, 0.2) is 23.1 Å². The second kappa shape index (κ2) is 5.14. The largest absolute Gasteiger partial charge is 0.376 e. The molecule has 2 N–H and O–H groups in total. The molecule has 1 aromatic rings. The molecular weight excluding hydrogens is 220 g/mol. The fourth-order valence-electron chi connectivity index (χ4n) is 1.93. The fraction of sp³-hybridized carbons (Fsp3) is 0.500. The summed E-state index contributed by atoms with van der Waals surface area (Å²) in [7, 11) is 0. The number of nitrogens with one attached hydrogen (secondary N) is 2. The third-order valence-electron chi connectivity index (χ3n) is 2.93. The summed E-state index contributed by atoms with van der Waals surface area (Å²) in [5.41, 5.74) is 0.239. The predicted molar refractivity (Wildman–Crippen MR) is 63.0 cm³/mol.